The highest BCUT2D eigenvalue weighted by atomic mass is 16.5. The zero-order valence-electron chi connectivity index (χ0n) is 12.4. The average Bonchev–Trinajstić information content (AvgIpc) is 2.34. The maximum atomic E-state index is 8.65. The van der Waals surface area contributed by atoms with Gasteiger partial charge in [0.15, 0.2) is 5.84 Å². The highest BCUT2D eigenvalue weighted by Crippen LogP contribution is 2.30. The van der Waals surface area contributed by atoms with Crippen molar-refractivity contribution in [2.75, 3.05) is 18.0 Å². The van der Waals surface area contributed by atoms with Crippen molar-refractivity contribution >= 4 is 11.7 Å². The Morgan fingerprint density at radius 1 is 1.30 bits per heavy atom. The Morgan fingerprint density at radius 3 is 2.35 bits per heavy atom. The van der Waals surface area contributed by atoms with Crippen LogP contribution in [-0.4, -0.2) is 40.3 Å². The molecule has 6 nitrogen and oxygen atoms in total. The van der Waals surface area contributed by atoms with Gasteiger partial charge in [0.2, 0.25) is 0 Å². The van der Waals surface area contributed by atoms with E-state index < -0.39 is 0 Å². The molecule has 2 heterocycles. The number of anilines is 1. The minimum atomic E-state index is -0.228. The summed E-state index contributed by atoms with van der Waals surface area (Å²) in [5.74, 6) is 0.927. The van der Waals surface area contributed by atoms with E-state index >= 15 is 0 Å². The lowest BCUT2D eigenvalue weighted by Crippen LogP contribution is -2.57. The van der Waals surface area contributed by atoms with Gasteiger partial charge in [0.05, 0.1) is 11.2 Å². The first kappa shape index (κ1) is 14.6. The molecule has 1 aliphatic heterocycles. The molecule has 1 aliphatic rings. The molecule has 0 spiro atoms. The van der Waals surface area contributed by atoms with Crippen molar-refractivity contribution < 1.29 is 9.94 Å². The average molecular weight is 278 g/mol. The third-order valence-corrected chi connectivity index (χ3v) is 3.17. The standard InChI is InChI=1S/C14H22N4O2/c1-13(2)8-18(9-14(3,4)20-13)11-6-5-10(7-16-11)12(15)17-19/h5-7,19H,8-9H2,1-4H3,(H2,15,17). The van der Waals surface area contributed by atoms with Crippen molar-refractivity contribution in [2.45, 2.75) is 38.9 Å². The van der Waals surface area contributed by atoms with E-state index in [4.69, 9.17) is 15.7 Å². The van der Waals surface area contributed by atoms with Crippen LogP contribution in [0.1, 0.15) is 33.3 Å². The summed E-state index contributed by atoms with van der Waals surface area (Å²) in [5.41, 5.74) is 5.68. The summed E-state index contributed by atoms with van der Waals surface area (Å²) in [6.07, 6.45) is 1.61. The normalized spacial score (nSPS) is 21.8. The Hall–Kier alpha value is -1.82. The van der Waals surface area contributed by atoms with Crippen LogP contribution < -0.4 is 10.6 Å². The molecule has 20 heavy (non-hydrogen) atoms. The number of amidine groups is 1. The van der Waals surface area contributed by atoms with Crippen LogP contribution >= 0.6 is 0 Å². The maximum Gasteiger partial charge on any atom is 0.171 e. The number of aromatic nitrogens is 1. The number of nitrogens with two attached hydrogens (primary N) is 1. The van der Waals surface area contributed by atoms with Crippen molar-refractivity contribution in [2.24, 2.45) is 10.9 Å². The smallest absolute Gasteiger partial charge is 0.171 e. The Bertz CT molecular complexity index is 492. The molecule has 0 amide bonds. The SMILES string of the molecule is CC1(C)CN(c2ccc(/C(N)=N/O)cn2)CC(C)(C)O1. The minimum absolute atomic E-state index is 0.0617. The van der Waals surface area contributed by atoms with Crippen LogP contribution in [0.3, 0.4) is 0 Å². The van der Waals surface area contributed by atoms with Crippen molar-refractivity contribution in [3.8, 4) is 0 Å². The predicted octanol–water partition coefficient (Wildman–Crippen LogP) is 1.57. The molecule has 110 valence electrons. The second kappa shape index (κ2) is 4.94. The van der Waals surface area contributed by atoms with Crippen LogP contribution in [0.5, 0.6) is 0 Å². The quantitative estimate of drug-likeness (QED) is 0.371. The van der Waals surface area contributed by atoms with Gasteiger partial charge >= 0.3 is 0 Å². The van der Waals surface area contributed by atoms with Crippen molar-refractivity contribution in [1.29, 1.82) is 0 Å². The van der Waals surface area contributed by atoms with Crippen LogP contribution in [0.2, 0.25) is 0 Å². The fourth-order valence-corrected chi connectivity index (χ4v) is 2.73. The largest absolute Gasteiger partial charge is 0.409 e. The summed E-state index contributed by atoms with van der Waals surface area (Å²) in [6.45, 7) is 9.84. The summed E-state index contributed by atoms with van der Waals surface area (Å²) < 4.78 is 6.05. The molecule has 0 bridgehead atoms. The van der Waals surface area contributed by atoms with Gasteiger partial charge in [-0.25, -0.2) is 4.98 Å². The van der Waals surface area contributed by atoms with E-state index in [9.17, 15) is 0 Å². The molecular weight excluding hydrogens is 256 g/mol. The van der Waals surface area contributed by atoms with Gasteiger partial charge in [-0.3, -0.25) is 0 Å². The van der Waals surface area contributed by atoms with Gasteiger partial charge in [0.25, 0.3) is 0 Å². The summed E-state index contributed by atoms with van der Waals surface area (Å²) in [5, 5.41) is 11.6. The van der Waals surface area contributed by atoms with Gasteiger partial charge < -0.3 is 20.6 Å². The number of pyridine rings is 1. The number of nitrogens with zero attached hydrogens (tertiary/aromatic N) is 3. The first-order valence-corrected chi connectivity index (χ1v) is 6.61. The van der Waals surface area contributed by atoms with E-state index in [0.717, 1.165) is 18.9 Å². The second-order valence-corrected chi connectivity index (χ2v) is 6.37. The predicted molar refractivity (Wildman–Crippen MR) is 78.2 cm³/mol. The van der Waals surface area contributed by atoms with E-state index in [1.807, 2.05) is 6.07 Å². The highest BCUT2D eigenvalue weighted by molar-refractivity contribution is 5.96. The first-order valence-electron chi connectivity index (χ1n) is 6.61. The molecule has 0 unspecified atom stereocenters. The van der Waals surface area contributed by atoms with Crippen molar-refractivity contribution in [3.05, 3.63) is 23.9 Å². The highest BCUT2D eigenvalue weighted by Gasteiger charge is 2.38. The van der Waals surface area contributed by atoms with Crippen molar-refractivity contribution in [3.63, 3.8) is 0 Å². The zero-order chi connectivity index (χ0) is 15.0. The second-order valence-electron chi connectivity index (χ2n) is 6.37. The Labute approximate surface area is 119 Å². The Kier molecular flexibility index (Phi) is 3.60. The van der Waals surface area contributed by atoms with Crippen LogP contribution in [-0.2, 0) is 4.74 Å². The summed E-state index contributed by atoms with van der Waals surface area (Å²) >= 11 is 0. The van der Waals surface area contributed by atoms with Crippen molar-refractivity contribution in [1.82, 2.24) is 4.98 Å². The fraction of sp³-hybridized carbons (Fsp3) is 0.571. The molecule has 6 heteroatoms. The molecular formula is C14H22N4O2. The number of oxime groups is 1. The van der Waals surface area contributed by atoms with E-state index in [2.05, 4.69) is 42.7 Å². The van der Waals surface area contributed by atoms with E-state index in [1.165, 1.54) is 0 Å². The maximum absolute atomic E-state index is 8.65. The van der Waals surface area contributed by atoms with Gasteiger partial charge in [0, 0.05) is 24.8 Å². The lowest BCUT2D eigenvalue weighted by atomic mass is 9.99. The third-order valence-electron chi connectivity index (χ3n) is 3.17. The molecule has 1 saturated heterocycles. The van der Waals surface area contributed by atoms with Crippen LogP contribution in [0.25, 0.3) is 0 Å². The summed E-state index contributed by atoms with van der Waals surface area (Å²) in [6, 6.07) is 3.68. The number of hydrogen-bond acceptors (Lipinski definition) is 5. The topological polar surface area (TPSA) is 84.0 Å². The number of ether oxygens (including phenoxy) is 1. The molecule has 0 atom stereocenters. The van der Waals surface area contributed by atoms with Crippen LogP contribution in [0.4, 0.5) is 5.82 Å². The monoisotopic (exact) mass is 278 g/mol. The number of rotatable bonds is 2. The van der Waals surface area contributed by atoms with Gasteiger partial charge in [0.1, 0.15) is 5.82 Å². The fourth-order valence-electron chi connectivity index (χ4n) is 2.73. The number of hydrogen-bond donors (Lipinski definition) is 2. The first-order chi connectivity index (χ1) is 9.22. The van der Waals surface area contributed by atoms with Gasteiger partial charge in [-0.2, -0.15) is 0 Å². The van der Waals surface area contributed by atoms with Crippen LogP contribution in [0.15, 0.2) is 23.5 Å². The van der Waals surface area contributed by atoms with E-state index in [0.29, 0.717) is 5.56 Å². The molecule has 0 saturated carbocycles. The van der Waals surface area contributed by atoms with Gasteiger partial charge in [-0.1, -0.05) is 5.16 Å². The van der Waals surface area contributed by atoms with Crippen LogP contribution in [0, 0.1) is 0 Å². The zero-order valence-corrected chi connectivity index (χ0v) is 12.4. The molecule has 0 aromatic carbocycles. The molecule has 0 radical (unpaired) electrons. The molecule has 0 aliphatic carbocycles. The minimum Gasteiger partial charge on any atom is -0.409 e. The molecule has 2 rings (SSSR count). The molecule has 1 aromatic rings. The molecule has 1 fully saturated rings. The Morgan fingerprint density at radius 2 is 1.90 bits per heavy atom. The molecule has 3 N–H and O–H groups in total. The lowest BCUT2D eigenvalue weighted by molar-refractivity contribution is -0.133. The van der Waals surface area contributed by atoms with E-state index in [-0.39, 0.29) is 17.0 Å². The van der Waals surface area contributed by atoms with E-state index in [1.54, 1.807) is 12.3 Å². The van der Waals surface area contributed by atoms with Gasteiger partial charge in [-0.05, 0) is 39.8 Å². The Balaban J connectivity index is 2.23. The summed E-state index contributed by atoms with van der Waals surface area (Å²) in [4.78, 5) is 6.59. The molecule has 1 aromatic heterocycles. The number of morpholine rings is 1. The summed E-state index contributed by atoms with van der Waals surface area (Å²) in [7, 11) is 0. The third kappa shape index (κ3) is 3.19. The lowest BCUT2D eigenvalue weighted by Gasteiger charge is -2.47. The van der Waals surface area contributed by atoms with Gasteiger partial charge in [-0.15, -0.1) is 0 Å².